The molecule has 0 aliphatic carbocycles. The standard InChI is InChI=1S/C21H23N3O/c1-15(16-7-3-2-4-8-16)21(25)24-12-6-10-18(14-24)19-13-17-9-5-11-22-20(17)23-19/h2-5,7-9,11,13,15,18H,6,10,12,14H2,1H3,(H,22,23)/t15-,18+/m1/s1. The number of hydrogen-bond acceptors (Lipinski definition) is 2. The molecule has 3 heterocycles. The first kappa shape index (κ1) is 15.9. The molecule has 1 aliphatic heterocycles. The predicted molar refractivity (Wildman–Crippen MR) is 99.5 cm³/mol. The zero-order valence-corrected chi connectivity index (χ0v) is 14.5. The summed E-state index contributed by atoms with van der Waals surface area (Å²) in [5.41, 5.74) is 3.21. The smallest absolute Gasteiger partial charge is 0.229 e. The van der Waals surface area contributed by atoms with Crippen LogP contribution in [0.4, 0.5) is 0 Å². The zero-order chi connectivity index (χ0) is 17.2. The number of benzene rings is 1. The van der Waals surface area contributed by atoms with Crippen LogP contribution in [0, 0.1) is 0 Å². The molecule has 128 valence electrons. The van der Waals surface area contributed by atoms with Crippen LogP contribution < -0.4 is 0 Å². The van der Waals surface area contributed by atoms with Crippen molar-refractivity contribution >= 4 is 16.9 Å². The fraction of sp³-hybridized carbons (Fsp3) is 0.333. The van der Waals surface area contributed by atoms with Gasteiger partial charge in [-0.25, -0.2) is 4.98 Å². The molecule has 1 fully saturated rings. The Bertz CT molecular complexity index is 838. The number of pyridine rings is 1. The third-order valence-electron chi connectivity index (χ3n) is 5.26. The lowest BCUT2D eigenvalue weighted by Gasteiger charge is -2.34. The van der Waals surface area contributed by atoms with Crippen LogP contribution >= 0.6 is 0 Å². The van der Waals surface area contributed by atoms with E-state index < -0.39 is 0 Å². The lowest BCUT2D eigenvalue weighted by atomic mass is 9.92. The van der Waals surface area contributed by atoms with Crippen LogP contribution in [0.25, 0.3) is 11.0 Å². The number of carbonyl (C=O) groups excluding carboxylic acids is 1. The summed E-state index contributed by atoms with van der Waals surface area (Å²) >= 11 is 0. The van der Waals surface area contributed by atoms with E-state index in [0.717, 1.165) is 42.5 Å². The Labute approximate surface area is 147 Å². The average Bonchev–Trinajstić information content (AvgIpc) is 3.12. The number of H-pyrrole nitrogens is 1. The Morgan fingerprint density at radius 1 is 1.24 bits per heavy atom. The minimum Gasteiger partial charge on any atom is -0.343 e. The number of rotatable bonds is 3. The Morgan fingerprint density at radius 2 is 2.08 bits per heavy atom. The molecule has 0 saturated carbocycles. The lowest BCUT2D eigenvalue weighted by molar-refractivity contribution is -0.133. The van der Waals surface area contributed by atoms with Crippen molar-refractivity contribution in [2.75, 3.05) is 13.1 Å². The number of aromatic nitrogens is 2. The molecule has 2 atom stereocenters. The number of amides is 1. The van der Waals surface area contributed by atoms with Gasteiger partial charge in [-0.15, -0.1) is 0 Å². The summed E-state index contributed by atoms with van der Waals surface area (Å²) in [6.45, 7) is 3.64. The maximum atomic E-state index is 13.0. The molecule has 3 aromatic rings. The fourth-order valence-electron chi connectivity index (χ4n) is 3.79. The largest absolute Gasteiger partial charge is 0.343 e. The highest BCUT2D eigenvalue weighted by Crippen LogP contribution is 2.30. The van der Waals surface area contributed by atoms with E-state index in [9.17, 15) is 4.79 Å². The van der Waals surface area contributed by atoms with Crippen LogP contribution in [0.5, 0.6) is 0 Å². The van der Waals surface area contributed by atoms with Crippen molar-refractivity contribution in [3.8, 4) is 0 Å². The minimum absolute atomic E-state index is 0.0932. The average molecular weight is 333 g/mol. The second kappa shape index (κ2) is 6.71. The Kier molecular flexibility index (Phi) is 4.26. The summed E-state index contributed by atoms with van der Waals surface area (Å²) in [6, 6.07) is 16.3. The highest BCUT2D eigenvalue weighted by molar-refractivity contribution is 5.83. The fourth-order valence-corrected chi connectivity index (χ4v) is 3.79. The molecule has 0 unspecified atom stereocenters. The van der Waals surface area contributed by atoms with Crippen LogP contribution in [-0.4, -0.2) is 33.9 Å². The molecule has 2 aromatic heterocycles. The molecule has 0 spiro atoms. The number of carbonyl (C=O) groups is 1. The molecule has 0 radical (unpaired) electrons. The van der Waals surface area contributed by atoms with Crippen molar-refractivity contribution in [1.82, 2.24) is 14.9 Å². The van der Waals surface area contributed by atoms with Gasteiger partial charge in [0.15, 0.2) is 0 Å². The molecule has 1 aromatic carbocycles. The normalized spacial score (nSPS) is 19.1. The topological polar surface area (TPSA) is 49.0 Å². The maximum Gasteiger partial charge on any atom is 0.229 e. The monoisotopic (exact) mass is 333 g/mol. The maximum absolute atomic E-state index is 13.0. The summed E-state index contributed by atoms with van der Waals surface area (Å²) in [7, 11) is 0. The van der Waals surface area contributed by atoms with Crippen molar-refractivity contribution in [2.24, 2.45) is 0 Å². The summed E-state index contributed by atoms with van der Waals surface area (Å²) in [5.74, 6) is 0.490. The second-order valence-electron chi connectivity index (χ2n) is 6.92. The first-order chi connectivity index (χ1) is 12.2. The number of aromatic amines is 1. The van der Waals surface area contributed by atoms with Crippen molar-refractivity contribution in [2.45, 2.75) is 31.6 Å². The van der Waals surface area contributed by atoms with Gasteiger partial charge in [0, 0.05) is 36.3 Å². The summed E-state index contributed by atoms with van der Waals surface area (Å²) < 4.78 is 0. The third kappa shape index (κ3) is 3.16. The van der Waals surface area contributed by atoms with Gasteiger partial charge in [-0.1, -0.05) is 30.3 Å². The second-order valence-corrected chi connectivity index (χ2v) is 6.92. The van der Waals surface area contributed by atoms with Gasteiger partial charge in [-0.2, -0.15) is 0 Å². The third-order valence-corrected chi connectivity index (χ3v) is 5.26. The molecule has 4 nitrogen and oxygen atoms in total. The molecule has 4 rings (SSSR count). The number of fused-ring (bicyclic) bond motifs is 1. The quantitative estimate of drug-likeness (QED) is 0.785. The Morgan fingerprint density at radius 3 is 2.88 bits per heavy atom. The van der Waals surface area contributed by atoms with Gasteiger partial charge in [0.1, 0.15) is 5.65 Å². The summed E-state index contributed by atoms with van der Waals surface area (Å²) in [6.07, 6.45) is 3.96. The molecule has 1 aliphatic rings. The van der Waals surface area contributed by atoms with E-state index in [0.29, 0.717) is 5.92 Å². The lowest BCUT2D eigenvalue weighted by Crippen LogP contribution is -2.41. The van der Waals surface area contributed by atoms with Crippen molar-refractivity contribution in [3.63, 3.8) is 0 Å². The van der Waals surface area contributed by atoms with Crippen LogP contribution in [0.15, 0.2) is 54.7 Å². The van der Waals surface area contributed by atoms with E-state index >= 15 is 0 Å². The van der Waals surface area contributed by atoms with Crippen molar-refractivity contribution < 1.29 is 4.79 Å². The van der Waals surface area contributed by atoms with E-state index in [-0.39, 0.29) is 11.8 Å². The Hall–Kier alpha value is -2.62. The SMILES string of the molecule is C[C@@H](C(=O)N1CCC[C@H](c2cc3cccnc3[nH]2)C1)c1ccccc1. The van der Waals surface area contributed by atoms with E-state index in [2.05, 4.69) is 22.1 Å². The molecular formula is C21H23N3O. The molecule has 0 bridgehead atoms. The Balaban J connectivity index is 1.51. The molecule has 1 N–H and O–H groups in total. The van der Waals surface area contributed by atoms with Crippen LogP contribution in [0.3, 0.4) is 0 Å². The highest BCUT2D eigenvalue weighted by atomic mass is 16.2. The van der Waals surface area contributed by atoms with Gasteiger partial charge in [-0.05, 0) is 43.5 Å². The van der Waals surface area contributed by atoms with Crippen molar-refractivity contribution in [3.05, 3.63) is 66.0 Å². The van der Waals surface area contributed by atoms with E-state index in [1.54, 1.807) is 6.20 Å². The van der Waals surface area contributed by atoms with E-state index in [1.807, 2.05) is 48.2 Å². The number of hydrogen-bond donors (Lipinski definition) is 1. The van der Waals surface area contributed by atoms with E-state index in [4.69, 9.17) is 0 Å². The first-order valence-electron chi connectivity index (χ1n) is 9.00. The van der Waals surface area contributed by atoms with Gasteiger partial charge in [0.05, 0.1) is 5.92 Å². The van der Waals surface area contributed by atoms with E-state index in [1.165, 1.54) is 5.69 Å². The number of nitrogens with zero attached hydrogens (tertiary/aromatic N) is 2. The highest BCUT2D eigenvalue weighted by Gasteiger charge is 2.28. The minimum atomic E-state index is -0.0932. The summed E-state index contributed by atoms with van der Waals surface area (Å²) in [4.78, 5) is 22.8. The van der Waals surface area contributed by atoms with Crippen LogP contribution in [0.2, 0.25) is 0 Å². The van der Waals surface area contributed by atoms with Crippen LogP contribution in [-0.2, 0) is 4.79 Å². The number of piperidine rings is 1. The van der Waals surface area contributed by atoms with Gasteiger partial charge < -0.3 is 9.88 Å². The molecule has 1 saturated heterocycles. The number of nitrogens with one attached hydrogen (secondary N) is 1. The number of likely N-dealkylation sites (tertiary alicyclic amines) is 1. The van der Waals surface area contributed by atoms with Gasteiger partial charge >= 0.3 is 0 Å². The molecule has 1 amide bonds. The first-order valence-corrected chi connectivity index (χ1v) is 9.00. The summed E-state index contributed by atoms with van der Waals surface area (Å²) in [5, 5.41) is 1.14. The molecular weight excluding hydrogens is 310 g/mol. The zero-order valence-electron chi connectivity index (χ0n) is 14.5. The van der Waals surface area contributed by atoms with Crippen LogP contribution in [0.1, 0.15) is 42.9 Å². The molecule has 25 heavy (non-hydrogen) atoms. The van der Waals surface area contributed by atoms with Gasteiger partial charge in [-0.3, -0.25) is 4.79 Å². The van der Waals surface area contributed by atoms with Crippen molar-refractivity contribution in [1.29, 1.82) is 0 Å². The predicted octanol–water partition coefficient (Wildman–Crippen LogP) is 4.07. The molecule has 4 heteroatoms. The van der Waals surface area contributed by atoms with Gasteiger partial charge in [0.2, 0.25) is 5.91 Å². The van der Waals surface area contributed by atoms with Gasteiger partial charge in [0.25, 0.3) is 0 Å².